The fraction of sp³-hybridized carbons (Fsp3) is 0.500. The molecule has 1 N–H and O–H groups in total. The van der Waals surface area contributed by atoms with Gasteiger partial charge in [0.1, 0.15) is 11.9 Å². The number of hydrogen-bond donors (Lipinski definition) is 1. The second-order valence-corrected chi connectivity index (χ2v) is 7.09. The Morgan fingerprint density at radius 2 is 2.11 bits per heavy atom. The van der Waals surface area contributed by atoms with Gasteiger partial charge in [0.15, 0.2) is 5.82 Å². The first-order chi connectivity index (χ1) is 13.2. The van der Waals surface area contributed by atoms with Crippen LogP contribution in [0.4, 0.5) is 5.82 Å². The van der Waals surface area contributed by atoms with Crippen molar-refractivity contribution in [3.05, 3.63) is 36.3 Å². The molecular weight excluding hydrogens is 342 g/mol. The Labute approximate surface area is 159 Å². The van der Waals surface area contributed by atoms with E-state index in [2.05, 4.69) is 15.3 Å². The summed E-state index contributed by atoms with van der Waals surface area (Å²) < 4.78 is 5.55. The van der Waals surface area contributed by atoms with Crippen molar-refractivity contribution in [3.63, 3.8) is 0 Å². The Morgan fingerprint density at radius 1 is 1.26 bits per heavy atom. The first-order valence-corrected chi connectivity index (χ1v) is 9.62. The van der Waals surface area contributed by atoms with Gasteiger partial charge in [-0.1, -0.05) is 0 Å². The minimum Gasteiger partial charge on any atom is -0.373 e. The molecule has 2 saturated heterocycles. The first kappa shape index (κ1) is 17.9. The molecule has 27 heavy (non-hydrogen) atoms. The van der Waals surface area contributed by atoms with Crippen molar-refractivity contribution in [1.82, 2.24) is 19.9 Å². The number of nitrogens with zero attached hydrogens (tertiary/aromatic N) is 4. The minimum atomic E-state index is -0.228. The monoisotopic (exact) mass is 367 g/mol. The highest BCUT2D eigenvalue weighted by Gasteiger charge is 2.31. The molecule has 4 rings (SSSR count). The number of likely N-dealkylation sites (tertiary alicyclic amines) is 1. The van der Waals surface area contributed by atoms with Crippen molar-refractivity contribution in [3.8, 4) is 11.4 Å². The van der Waals surface area contributed by atoms with Gasteiger partial charge >= 0.3 is 0 Å². The maximum absolute atomic E-state index is 12.5. The number of ether oxygens (including phenoxy) is 1. The number of piperidine rings is 1. The number of anilines is 1. The van der Waals surface area contributed by atoms with Crippen molar-refractivity contribution in [2.24, 2.45) is 0 Å². The number of aromatic nitrogens is 3. The van der Waals surface area contributed by atoms with Gasteiger partial charge in [0.25, 0.3) is 5.91 Å². The molecule has 0 aliphatic carbocycles. The van der Waals surface area contributed by atoms with Crippen LogP contribution in [-0.4, -0.2) is 58.6 Å². The SMILES string of the molecule is CNc1cc(C2CCN(C(=O)C3CCCO3)CC2)nc(-c2cccnc2)n1. The van der Waals surface area contributed by atoms with Gasteiger partial charge in [-0.25, -0.2) is 9.97 Å². The number of amides is 1. The average Bonchev–Trinajstić information content (AvgIpc) is 3.28. The van der Waals surface area contributed by atoms with Crippen molar-refractivity contribution in [2.75, 3.05) is 32.1 Å². The Kier molecular flexibility index (Phi) is 5.29. The van der Waals surface area contributed by atoms with Gasteiger partial charge in [0.2, 0.25) is 0 Å². The van der Waals surface area contributed by atoms with Gasteiger partial charge in [0.05, 0.1) is 0 Å². The van der Waals surface area contributed by atoms with E-state index in [0.29, 0.717) is 18.3 Å². The molecule has 0 bridgehead atoms. The number of pyridine rings is 1. The highest BCUT2D eigenvalue weighted by molar-refractivity contribution is 5.81. The van der Waals surface area contributed by atoms with Crippen LogP contribution >= 0.6 is 0 Å². The summed E-state index contributed by atoms with van der Waals surface area (Å²) in [6.07, 6.45) is 6.95. The molecule has 0 spiro atoms. The van der Waals surface area contributed by atoms with Crippen molar-refractivity contribution < 1.29 is 9.53 Å². The second-order valence-electron chi connectivity index (χ2n) is 7.09. The van der Waals surface area contributed by atoms with Crippen LogP contribution in [0.3, 0.4) is 0 Å². The first-order valence-electron chi connectivity index (χ1n) is 9.62. The van der Waals surface area contributed by atoms with Gasteiger partial charge in [-0.15, -0.1) is 0 Å². The third-order valence-corrected chi connectivity index (χ3v) is 5.35. The predicted octanol–water partition coefficient (Wildman–Crippen LogP) is 2.47. The van der Waals surface area contributed by atoms with Crippen LogP contribution < -0.4 is 5.32 Å². The fourth-order valence-electron chi connectivity index (χ4n) is 3.80. The molecule has 2 fully saturated rings. The summed E-state index contributed by atoms with van der Waals surface area (Å²) in [6, 6.07) is 5.87. The molecule has 1 amide bonds. The van der Waals surface area contributed by atoms with E-state index in [1.54, 1.807) is 12.4 Å². The minimum absolute atomic E-state index is 0.153. The van der Waals surface area contributed by atoms with Crippen LogP contribution in [0.15, 0.2) is 30.6 Å². The van der Waals surface area contributed by atoms with Crippen LogP contribution in [0.5, 0.6) is 0 Å². The topological polar surface area (TPSA) is 80.2 Å². The quantitative estimate of drug-likeness (QED) is 0.894. The van der Waals surface area contributed by atoms with Gasteiger partial charge in [0, 0.05) is 62.4 Å². The predicted molar refractivity (Wildman–Crippen MR) is 102 cm³/mol. The average molecular weight is 367 g/mol. The molecule has 2 aromatic rings. The molecule has 1 atom stereocenters. The van der Waals surface area contributed by atoms with E-state index in [4.69, 9.17) is 9.72 Å². The maximum Gasteiger partial charge on any atom is 0.251 e. The van der Waals surface area contributed by atoms with Crippen LogP contribution in [-0.2, 0) is 9.53 Å². The highest BCUT2D eigenvalue weighted by atomic mass is 16.5. The summed E-state index contributed by atoms with van der Waals surface area (Å²) in [7, 11) is 1.86. The summed E-state index contributed by atoms with van der Waals surface area (Å²) in [4.78, 5) is 28.0. The van der Waals surface area contributed by atoms with Crippen LogP contribution in [0, 0.1) is 0 Å². The largest absolute Gasteiger partial charge is 0.373 e. The highest BCUT2D eigenvalue weighted by Crippen LogP contribution is 2.30. The molecular formula is C20H25N5O2. The van der Waals surface area contributed by atoms with Crippen LogP contribution in [0.2, 0.25) is 0 Å². The lowest BCUT2D eigenvalue weighted by atomic mass is 9.92. The van der Waals surface area contributed by atoms with Gasteiger partial charge < -0.3 is 15.0 Å². The fourth-order valence-corrected chi connectivity index (χ4v) is 3.80. The Balaban J connectivity index is 1.48. The summed E-state index contributed by atoms with van der Waals surface area (Å²) >= 11 is 0. The van der Waals surface area contributed by atoms with Crippen LogP contribution in [0.1, 0.15) is 37.3 Å². The normalized spacial score (nSPS) is 20.6. The summed E-state index contributed by atoms with van der Waals surface area (Å²) in [5, 5.41) is 3.13. The zero-order valence-electron chi connectivity index (χ0n) is 15.6. The molecule has 7 heteroatoms. The Bertz CT molecular complexity index is 784. The third-order valence-electron chi connectivity index (χ3n) is 5.35. The number of carbonyl (C=O) groups is 1. The van der Waals surface area contributed by atoms with Gasteiger partial charge in [-0.3, -0.25) is 9.78 Å². The van der Waals surface area contributed by atoms with E-state index in [1.165, 1.54) is 0 Å². The van der Waals surface area contributed by atoms with Crippen LogP contribution in [0.25, 0.3) is 11.4 Å². The molecule has 2 aliphatic rings. The molecule has 2 aliphatic heterocycles. The Hall–Kier alpha value is -2.54. The molecule has 0 saturated carbocycles. The Morgan fingerprint density at radius 3 is 2.78 bits per heavy atom. The molecule has 0 radical (unpaired) electrons. The third kappa shape index (κ3) is 3.93. The van der Waals surface area contributed by atoms with Crippen molar-refractivity contribution in [1.29, 1.82) is 0 Å². The van der Waals surface area contributed by atoms with E-state index in [0.717, 1.165) is 55.8 Å². The molecule has 0 aromatic carbocycles. The van der Waals surface area contributed by atoms with Gasteiger partial charge in [-0.2, -0.15) is 0 Å². The molecule has 4 heterocycles. The summed E-state index contributed by atoms with van der Waals surface area (Å²) in [6.45, 7) is 2.21. The van der Waals surface area contributed by atoms with Gasteiger partial charge in [-0.05, 0) is 37.8 Å². The smallest absolute Gasteiger partial charge is 0.251 e. The maximum atomic E-state index is 12.5. The second kappa shape index (κ2) is 8.00. The lowest BCUT2D eigenvalue weighted by molar-refractivity contribution is -0.142. The lowest BCUT2D eigenvalue weighted by Crippen LogP contribution is -2.43. The number of nitrogens with one attached hydrogen (secondary N) is 1. The molecule has 7 nitrogen and oxygen atoms in total. The van der Waals surface area contributed by atoms with E-state index >= 15 is 0 Å². The van der Waals surface area contributed by atoms with Crippen molar-refractivity contribution in [2.45, 2.75) is 37.7 Å². The van der Waals surface area contributed by atoms with E-state index in [1.807, 2.05) is 30.1 Å². The van der Waals surface area contributed by atoms with Crippen molar-refractivity contribution >= 4 is 11.7 Å². The number of carbonyl (C=O) groups excluding carboxylic acids is 1. The lowest BCUT2D eigenvalue weighted by Gasteiger charge is -2.33. The van der Waals surface area contributed by atoms with E-state index in [-0.39, 0.29) is 12.0 Å². The summed E-state index contributed by atoms with van der Waals surface area (Å²) in [5.41, 5.74) is 1.93. The zero-order chi connectivity index (χ0) is 18.6. The van der Waals surface area contributed by atoms with E-state index in [9.17, 15) is 4.79 Å². The standard InChI is InChI=1S/C20H25N5O2/c1-21-18-12-16(23-19(24-18)15-4-2-8-22-13-15)14-6-9-25(10-7-14)20(26)17-5-3-11-27-17/h2,4,8,12-14,17H,3,5-7,9-11H2,1H3,(H,21,23,24). The zero-order valence-corrected chi connectivity index (χ0v) is 15.6. The number of rotatable bonds is 4. The number of hydrogen-bond acceptors (Lipinski definition) is 6. The van der Waals surface area contributed by atoms with E-state index < -0.39 is 0 Å². The summed E-state index contributed by atoms with van der Waals surface area (Å²) in [5.74, 6) is 1.96. The molecule has 142 valence electrons. The molecule has 1 unspecified atom stereocenters. The molecule has 2 aromatic heterocycles.